The molecule has 23 heavy (non-hydrogen) atoms. The molecule has 1 aliphatic rings. The van der Waals surface area contributed by atoms with Gasteiger partial charge in [-0.25, -0.2) is 9.18 Å². The molecule has 0 atom stereocenters. The minimum atomic E-state index is -0.577. The number of amides is 1. The van der Waals surface area contributed by atoms with Crippen molar-refractivity contribution in [1.29, 1.82) is 0 Å². The summed E-state index contributed by atoms with van der Waals surface area (Å²) in [6, 6.07) is 4.90. The second kappa shape index (κ2) is 7.17. The summed E-state index contributed by atoms with van der Waals surface area (Å²) in [5.41, 5.74) is 6.19. The van der Waals surface area contributed by atoms with Gasteiger partial charge in [-0.3, -0.25) is 5.32 Å². The smallest absolute Gasteiger partial charge is 0.412 e. The van der Waals surface area contributed by atoms with Crippen LogP contribution in [0, 0.1) is 5.82 Å². The first-order valence-electron chi connectivity index (χ1n) is 8.04. The molecule has 6 heteroatoms. The van der Waals surface area contributed by atoms with Gasteiger partial charge < -0.3 is 15.8 Å². The van der Waals surface area contributed by atoms with Gasteiger partial charge in [-0.2, -0.15) is 0 Å². The van der Waals surface area contributed by atoms with E-state index in [2.05, 4.69) is 10.6 Å². The first kappa shape index (κ1) is 17.5. The largest absolute Gasteiger partial charge is 0.444 e. The van der Waals surface area contributed by atoms with Gasteiger partial charge >= 0.3 is 6.09 Å². The van der Waals surface area contributed by atoms with Crippen LogP contribution in [0.5, 0.6) is 0 Å². The lowest BCUT2D eigenvalue weighted by Crippen LogP contribution is -2.33. The second-order valence-electron chi connectivity index (χ2n) is 7.08. The van der Waals surface area contributed by atoms with Crippen molar-refractivity contribution in [2.45, 2.75) is 64.1 Å². The molecule has 0 radical (unpaired) electrons. The molecule has 128 valence electrons. The summed E-state index contributed by atoms with van der Waals surface area (Å²) >= 11 is 0. The van der Waals surface area contributed by atoms with E-state index in [9.17, 15) is 9.18 Å². The summed E-state index contributed by atoms with van der Waals surface area (Å²) in [7, 11) is 0. The number of carbonyl (C=O) groups is 1. The number of ether oxygens (including phenoxy) is 1. The first-order valence-corrected chi connectivity index (χ1v) is 8.04. The maximum atomic E-state index is 14.0. The third kappa shape index (κ3) is 5.71. The number of hydrogen-bond acceptors (Lipinski definition) is 4. The van der Waals surface area contributed by atoms with Crippen LogP contribution >= 0.6 is 0 Å². The topological polar surface area (TPSA) is 76.4 Å². The molecular weight excluding hydrogens is 297 g/mol. The Hall–Kier alpha value is -1.82. The summed E-state index contributed by atoms with van der Waals surface area (Å²) in [5, 5.41) is 5.83. The SMILES string of the molecule is CC(C)(C)OC(=O)Nc1ccc(F)c(NC2CCC(N)CC2)c1. The Labute approximate surface area is 136 Å². The van der Waals surface area contributed by atoms with Gasteiger partial charge in [0.15, 0.2) is 0 Å². The molecule has 0 aliphatic heterocycles. The van der Waals surface area contributed by atoms with E-state index in [-0.39, 0.29) is 17.9 Å². The van der Waals surface area contributed by atoms with E-state index in [1.54, 1.807) is 26.8 Å². The van der Waals surface area contributed by atoms with Crippen LogP contribution in [0.4, 0.5) is 20.6 Å². The van der Waals surface area contributed by atoms with E-state index < -0.39 is 11.7 Å². The number of carbonyl (C=O) groups excluding carboxylic acids is 1. The zero-order chi connectivity index (χ0) is 17.0. The average molecular weight is 323 g/mol. The molecule has 0 spiro atoms. The predicted molar refractivity (Wildman–Crippen MR) is 90.1 cm³/mol. The van der Waals surface area contributed by atoms with Gasteiger partial charge in [-0.1, -0.05) is 0 Å². The monoisotopic (exact) mass is 323 g/mol. The highest BCUT2D eigenvalue weighted by Gasteiger charge is 2.20. The van der Waals surface area contributed by atoms with Crippen LogP contribution in [0.25, 0.3) is 0 Å². The van der Waals surface area contributed by atoms with Gasteiger partial charge in [0.1, 0.15) is 11.4 Å². The number of rotatable bonds is 3. The van der Waals surface area contributed by atoms with E-state index >= 15 is 0 Å². The lowest BCUT2D eigenvalue weighted by molar-refractivity contribution is 0.0636. The lowest BCUT2D eigenvalue weighted by atomic mass is 9.91. The number of nitrogens with one attached hydrogen (secondary N) is 2. The Morgan fingerprint density at radius 1 is 1.26 bits per heavy atom. The summed E-state index contributed by atoms with van der Waals surface area (Å²) in [5.74, 6) is -0.338. The highest BCUT2D eigenvalue weighted by atomic mass is 19.1. The van der Waals surface area contributed by atoms with Crippen LogP contribution in [0.3, 0.4) is 0 Å². The Morgan fingerprint density at radius 2 is 1.91 bits per heavy atom. The number of halogens is 1. The molecule has 1 aliphatic carbocycles. The van der Waals surface area contributed by atoms with Gasteiger partial charge in [0.25, 0.3) is 0 Å². The van der Waals surface area contributed by atoms with E-state index in [1.165, 1.54) is 12.1 Å². The molecular formula is C17H26FN3O2. The van der Waals surface area contributed by atoms with Crippen LogP contribution in [0.15, 0.2) is 18.2 Å². The van der Waals surface area contributed by atoms with Crippen molar-refractivity contribution < 1.29 is 13.9 Å². The standard InChI is InChI=1S/C17H26FN3O2/c1-17(2,3)23-16(22)21-13-8-9-14(18)15(10-13)20-12-6-4-11(19)5-7-12/h8-12,20H,4-7,19H2,1-3H3,(H,21,22). The van der Waals surface area contributed by atoms with Gasteiger partial charge in [-0.05, 0) is 64.7 Å². The van der Waals surface area contributed by atoms with E-state index in [1.807, 2.05) is 0 Å². The molecule has 5 nitrogen and oxygen atoms in total. The zero-order valence-electron chi connectivity index (χ0n) is 14.0. The number of anilines is 2. The molecule has 1 aromatic rings. The number of benzene rings is 1. The van der Waals surface area contributed by atoms with Crippen LogP contribution in [-0.4, -0.2) is 23.8 Å². The molecule has 0 unspecified atom stereocenters. The van der Waals surface area contributed by atoms with Gasteiger partial charge in [-0.15, -0.1) is 0 Å². The molecule has 1 saturated carbocycles. The molecule has 1 aromatic carbocycles. The minimum absolute atomic E-state index is 0.209. The van der Waals surface area contributed by atoms with Crippen molar-refractivity contribution in [1.82, 2.24) is 0 Å². The van der Waals surface area contributed by atoms with Gasteiger partial charge in [0.2, 0.25) is 0 Å². The van der Waals surface area contributed by atoms with E-state index in [4.69, 9.17) is 10.5 Å². The van der Waals surface area contributed by atoms with Crippen molar-refractivity contribution in [2.75, 3.05) is 10.6 Å². The quantitative estimate of drug-likeness (QED) is 0.789. The van der Waals surface area contributed by atoms with Crippen LogP contribution in [0.2, 0.25) is 0 Å². The van der Waals surface area contributed by atoms with Crippen LogP contribution in [0.1, 0.15) is 46.5 Å². The molecule has 4 N–H and O–H groups in total. The normalized spacial score (nSPS) is 21.6. The maximum Gasteiger partial charge on any atom is 0.412 e. The highest BCUT2D eigenvalue weighted by Crippen LogP contribution is 2.25. The van der Waals surface area contributed by atoms with Crippen LogP contribution < -0.4 is 16.4 Å². The average Bonchev–Trinajstić information content (AvgIpc) is 2.43. The predicted octanol–water partition coefficient (Wildman–Crippen LogP) is 3.85. The third-order valence-corrected chi connectivity index (χ3v) is 3.74. The van der Waals surface area contributed by atoms with Gasteiger partial charge in [0, 0.05) is 17.8 Å². The molecule has 0 saturated heterocycles. The fourth-order valence-corrected chi connectivity index (χ4v) is 2.62. The molecule has 1 fully saturated rings. The molecule has 1 amide bonds. The Bertz CT molecular complexity index is 549. The van der Waals surface area contributed by atoms with Crippen molar-refractivity contribution in [3.05, 3.63) is 24.0 Å². The summed E-state index contributed by atoms with van der Waals surface area (Å²) in [6.07, 6.45) is 3.16. The molecule has 0 heterocycles. The van der Waals surface area contributed by atoms with Crippen molar-refractivity contribution in [3.8, 4) is 0 Å². The van der Waals surface area contributed by atoms with E-state index in [0.29, 0.717) is 11.4 Å². The Kier molecular flexibility index (Phi) is 5.46. The Balaban J connectivity index is 1.99. The molecule has 0 bridgehead atoms. The summed E-state index contributed by atoms with van der Waals surface area (Å²) in [4.78, 5) is 11.8. The highest BCUT2D eigenvalue weighted by molar-refractivity contribution is 5.85. The van der Waals surface area contributed by atoms with E-state index in [0.717, 1.165) is 25.7 Å². The number of nitrogens with two attached hydrogens (primary N) is 1. The zero-order valence-corrected chi connectivity index (χ0v) is 14.0. The third-order valence-electron chi connectivity index (χ3n) is 3.74. The molecule has 0 aromatic heterocycles. The summed E-state index contributed by atoms with van der Waals surface area (Å²) < 4.78 is 19.2. The van der Waals surface area contributed by atoms with Crippen LogP contribution in [-0.2, 0) is 4.74 Å². The first-order chi connectivity index (χ1) is 10.7. The second-order valence-corrected chi connectivity index (χ2v) is 7.08. The fraction of sp³-hybridized carbons (Fsp3) is 0.588. The Morgan fingerprint density at radius 3 is 2.52 bits per heavy atom. The fourth-order valence-electron chi connectivity index (χ4n) is 2.62. The summed E-state index contributed by atoms with van der Waals surface area (Å²) in [6.45, 7) is 5.37. The molecule has 2 rings (SSSR count). The van der Waals surface area contributed by atoms with Gasteiger partial charge in [0.05, 0.1) is 5.69 Å². The van der Waals surface area contributed by atoms with Crippen molar-refractivity contribution in [2.24, 2.45) is 5.73 Å². The number of hydrogen-bond donors (Lipinski definition) is 3. The minimum Gasteiger partial charge on any atom is -0.444 e. The van der Waals surface area contributed by atoms with Crippen molar-refractivity contribution in [3.63, 3.8) is 0 Å². The maximum absolute atomic E-state index is 14.0. The lowest BCUT2D eigenvalue weighted by Gasteiger charge is -2.28. The van der Waals surface area contributed by atoms with Crippen molar-refractivity contribution >= 4 is 17.5 Å².